The predicted molar refractivity (Wildman–Crippen MR) is 92.5 cm³/mol. The lowest BCUT2D eigenvalue weighted by Gasteiger charge is -2.45. The molecular formula is C20H26N2O2. The Morgan fingerprint density at radius 2 is 2.00 bits per heavy atom. The number of nitrogens with zero attached hydrogens (tertiary/aromatic N) is 1. The first-order valence-corrected chi connectivity index (χ1v) is 9.02. The van der Waals surface area contributed by atoms with Gasteiger partial charge < -0.3 is 10.2 Å². The van der Waals surface area contributed by atoms with Gasteiger partial charge in [-0.3, -0.25) is 9.59 Å². The smallest absolute Gasteiger partial charge is 0.223 e. The number of benzene rings is 1. The van der Waals surface area contributed by atoms with Crippen LogP contribution in [0.1, 0.15) is 48.9 Å². The van der Waals surface area contributed by atoms with E-state index in [4.69, 9.17) is 0 Å². The molecule has 1 spiro atoms. The molecule has 4 rings (SSSR count). The third kappa shape index (κ3) is 1.92. The molecule has 2 aliphatic heterocycles. The molecule has 1 N–H and O–H groups in total. The molecule has 1 saturated carbocycles. The number of carbonyl (C=O) groups excluding carboxylic acids is 2. The average molecular weight is 326 g/mol. The minimum Gasteiger partial charge on any atom is -0.353 e. The van der Waals surface area contributed by atoms with Crippen molar-refractivity contribution in [3.05, 3.63) is 34.4 Å². The molecule has 0 radical (unpaired) electrons. The maximum absolute atomic E-state index is 12.7. The Hall–Kier alpha value is -1.84. The van der Waals surface area contributed by atoms with Crippen molar-refractivity contribution in [1.82, 2.24) is 10.2 Å². The van der Waals surface area contributed by atoms with Gasteiger partial charge in [0.2, 0.25) is 11.8 Å². The van der Waals surface area contributed by atoms with Crippen molar-refractivity contribution in [1.29, 1.82) is 0 Å². The highest BCUT2D eigenvalue weighted by Gasteiger charge is 2.63. The fourth-order valence-corrected chi connectivity index (χ4v) is 5.56. The molecule has 1 saturated heterocycles. The van der Waals surface area contributed by atoms with Crippen LogP contribution in [-0.2, 0) is 21.5 Å². The van der Waals surface area contributed by atoms with Gasteiger partial charge >= 0.3 is 0 Å². The van der Waals surface area contributed by atoms with Crippen LogP contribution in [0.2, 0.25) is 0 Å². The summed E-state index contributed by atoms with van der Waals surface area (Å²) < 4.78 is 0. The first-order valence-electron chi connectivity index (χ1n) is 9.02. The van der Waals surface area contributed by atoms with Gasteiger partial charge in [0, 0.05) is 31.8 Å². The number of hydrogen-bond donors (Lipinski definition) is 1. The highest BCUT2D eigenvalue weighted by molar-refractivity contribution is 5.82. The first kappa shape index (κ1) is 15.7. The van der Waals surface area contributed by atoms with E-state index in [1.807, 2.05) is 0 Å². The number of amides is 2. The molecule has 128 valence electrons. The monoisotopic (exact) mass is 326 g/mol. The van der Waals surface area contributed by atoms with Crippen LogP contribution in [0.15, 0.2) is 12.1 Å². The lowest BCUT2D eigenvalue weighted by Crippen LogP contribution is -2.50. The summed E-state index contributed by atoms with van der Waals surface area (Å²) in [6.45, 7) is 8.92. The zero-order valence-corrected chi connectivity index (χ0v) is 15.0. The van der Waals surface area contributed by atoms with Crippen LogP contribution in [0.5, 0.6) is 0 Å². The minimum atomic E-state index is -0.213. The van der Waals surface area contributed by atoms with Crippen LogP contribution < -0.4 is 5.32 Å². The fraction of sp³-hybridized carbons (Fsp3) is 0.600. The van der Waals surface area contributed by atoms with Crippen LogP contribution in [0.3, 0.4) is 0 Å². The quantitative estimate of drug-likeness (QED) is 0.862. The number of aryl methyl sites for hydroxylation is 2. The molecule has 1 aromatic rings. The third-order valence-corrected chi connectivity index (χ3v) is 6.63. The number of carbonyl (C=O) groups is 2. The van der Waals surface area contributed by atoms with E-state index in [2.05, 4.69) is 43.1 Å². The zero-order valence-electron chi connectivity index (χ0n) is 15.0. The van der Waals surface area contributed by atoms with Crippen molar-refractivity contribution in [3.8, 4) is 0 Å². The lowest BCUT2D eigenvalue weighted by molar-refractivity contribution is -0.132. The molecule has 0 aromatic heterocycles. The second-order valence-corrected chi connectivity index (χ2v) is 8.03. The number of hydrogen-bond acceptors (Lipinski definition) is 2. The van der Waals surface area contributed by atoms with E-state index in [1.165, 1.54) is 22.3 Å². The topological polar surface area (TPSA) is 49.4 Å². The normalized spacial score (nSPS) is 33.9. The average Bonchev–Trinajstić information content (AvgIpc) is 2.92. The molecular weight excluding hydrogens is 300 g/mol. The summed E-state index contributed by atoms with van der Waals surface area (Å²) in [5, 5.41) is 3.15. The Bertz CT molecular complexity index is 741. The van der Waals surface area contributed by atoms with E-state index in [-0.39, 0.29) is 29.3 Å². The molecule has 24 heavy (non-hydrogen) atoms. The molecule has 0 bridgehead atoms. The van der Waals surface area contributed by atoms with Crippen molar-refractivity contribution < 1.29 is 9.59 Å². The standard InChI is InChI=1S/C20H26N2O2/c1-11-7-15-5-6-22-18(24)9-17-19(21-14(4)23)13(3)10-20(17,22)16(15)8-12(11)2/h7-8,13,17,19H,5-6,9-10H2,1-4H3,(H,21,23)/t13-,17-,19+,20-/m0/s1. The van der Waals surface area contributed by atoms with Crippen molar-refractivity contribution in [2.75, 3.05) is 6.54 Å². The maximum Gasteiger partial charge on any atom is 0.223 e. The summed E-state index contributed by atoms with van der Waals surface area (Å²) >= 11 is 0. The predicted octanol–water partition coefficient (Wildman–Crippen LogP) is 2.45. The molecule has 1 aliphatic carbocycles. The van der Waals surface area contributed by atoms with E-state index in [0.29, 0.717) is 12.3 Å². The molecule has 4 nitrogen and oxygen atoms in total. The molecule has 4 atom stereocenters. The molecule has 3 aliphatic rings. The first-order chi connectivity index (χ1) is 11.3. The van der Waals surface area contributed by atoms with E-state index < -0.39 is 0 Å². The van der Waals surface area contributed by atoms with Crippen LogP contribution in [0.25, 0.3) is 0 Å². The highest BCUT2D eigenvalue weighted by Crippen LogP contribution is 2.58. The summed E-state index contributed by atoms with van der Waals surface area (Å²) in [5.41, 5.74) is 5.13. The second kappa shape index (κ2) is 5.08. The summed E-state index contributed by atoms with van der Waals surface area (Å²) in [6, 6.07) is 4.71. The van der Waals surface area contributed by atoms with Gasteiger partial charge in [0.05, 0.1) is 5.54 Å². The van der Waals surface area contributed by atoms with Crippen molar-refractivity contribution in [3.63, 3.8) is 0 Å². The van der Waals surface area contributed by atoms with Crippen LogP contribution in [-0.4, -0.2) is 29.3 Å². The molecule has 2 amide bonds. The molecule has 2 heterocycles. The summed E-state index contributed by atoms with van der Waals surface area (Å²) in [6.07, 6.45) is 2.45. The van der Waals surface area contributed by atoms with Gasteiger partial charge in [-0.05, 0) is 54.9 Å². The number of nitrogens with one attached hydrogen (secondary N) is 1. The number of rotatable bonds is 1. The Labute approximate surface area is 143 Å². The molecule has 1 aromatic carbocycles. The molecule has 2 fully saturated rings. The largest absolute Gasteiger partial charge is 0.353 e. The summed E-state index contributed by atoms with van der Waals surface area (Å²) in [5.74, 6) is 0.823. The van der Waals surface area contributed by atoms with Crippen molar-refractivity contribution in [2.24, 2.45) is 11.8 Å². The summed E-state index contributed by atoms with van der Waals surface area (Å²) in [4.78, 5) is 26.6. The van der Waals surface area contributed by atoms with Gasteiger partial charge in [-0.1, -0.05) is 19.1 Å². The van der Waals surface area contributed by atoms with Crippen molar-refractivity contribution in [2.45, 2.75) is 58.5 Å². The molecule has 4 heteroatoms. The van der Waals surface area contributed by atoms with Gasteiger partial charge in [0.1, 0.15) is 0 Å². The highest BCUT2D eigenvalue weighted by atomic mass is 16.2. The summed E-state index contributed by atoms with van der Waals surface area (Å²) in [7, 11) is 0. The van der Waals surface area contributed by atoms with Crippen molar-refractivity contribution >= 4 is 11.8 Å². The Balaban J connectivity index is 1.88. The number of fused-ring (bicyclic) bond motifs is 1. The minimum absolute atomic E-state index is 0.00548. The zero-order chi connectivity index (χ0) is 17.2. The van der Waals surface area contributed by atoms with E-state index >= 15 is 0 Å². The third-order valence-electron chi connectivity index (χ3n) is 6.63. The van der Waals surface area contributed by atoms with E-state index in [9.17, 15) is 9.59 Å². The molecule has 0 unspecified atom stereocenters. The van der Waals surface area contributed by atoms with Crippen LogP contribution >= 0.6 is 0 Å². The van der Waals surface area contributed by atoms with Gasteiger partial charge in [0.15, 0.2) is 0 Å². The Morgan fingerprint density at radius 1 is 1.29 bits per heavy atom. The van der Waals surface area contributed by atoms with Gasteiger partial charge in [-0.15, -0.1) is 0 Å². The Morgan fingerprint density at radius 3 is 2.71 bits per heavy atom. The fourth-order valence-electron chi connectivity index (χ4n) is 5.56. The maximum atomic E-state index is 12.7. The van der Waals surface area contributed by atoms with Crippen LogP contribution in [0.4, 0.5) is 0 Å². The van der Waals surface area contributed by atoms with Gasteiger partial charge in [-0.2, -0.15) is 0 Å². The van der Waals surface area contributed by atoms with Gasteiger partial charge in [0.25, 0.3) is 0 Å². The SMILES string of the molecule is CC(=O)N[C@@H]1[C@@H](C)C[C@@]23c4cc(C)c(C)cc4CCN2C(=O)C[C@@H]13. The Kier molecular flexibility index (Phi) is 3.32. The van der Waals surface area contributed by atoms with E-state index in [0.717, 1.165) is 19.4 Å². The van der Waals surface area contributed by atoms with Gasteiger partial charge in [-0.25, -0.2) is 0 Å². The van der Waals surface area contributed by atoms with Crippen LogP contribution in [0, 0.1) is 25.7 Å². The lowest BCUT2D eigenvalue weighted by atomic mass is 9.74. The van der Waals surface area contributed by atoms with E-state index in [1.54, 1.807) is 6.92 Å². The second-order valence-electron chi connectivity index (χ2n) is 8.03.